The van der Waals surface area contributed by atoms with Crippen molar-refractivity contribution in [3.05, 3.63) is 188 Å². The quantitative estimate of drug-likeness (QED) is 0.167. The van der Waals surface area contributed by atoms with E-state index in [2.05, 4.69) is 193 Å². The fourth-order valence-electron chi connectivity index (χ4n) is 7.70. The molecular weight excluding hydrogens is 623 g/mol. The molecule has 0 aliphatic carbocycles. The molecule has 50 heavy (non-hydrogen) atoms. The lowest BCUT2D eigenvalue weighted by molar-refractivity contribution is 1.30. The third-order valence-electron chi connectivity index (χ3n) is 10.1. The summed E-state index contributed by atoms with van der Waals surface area (Å²) in [4.78, 5) is 2.42. The molecule has 0 aliphatic rings. The van der Waals surface area contributed by atoms with Crippen LogP contribution < -0.4 is 4.90 Å². The second kappa shape index (κ2) is 11.7. The molecule has 0 saturated carbocycles. The predicted molar refractivity (Wildman–Crippen MR) is 217 cm³/mol. The van der Waals surface area contributed by atoms with Gasteiger partial charge in [-0.25, -0.2) is 0 Å². The SMILES string of the molecule is c1ccc(-c2ccc(N(c3ccc(-c4cccc5c4ccc4c6ccccc6ccc54)cc3)c3cccc4sc5ccccc5c34)cc2)cc1. The molecule has 1 nitrogen and oxygen atoms in total. The molecule has 2 heteroatoms. The highest BCUT2D eigenvalue weighted by atomic mass is 32.1. The average molecular weight is 654 g/mol. The number of benzene rings is 9. The predicted octanol–water partition coefficient (Wildman–Crippen LogP) is 14.3. The van der Waals surface area contributed by atoms with Crippen LogP contribution in [0.2, 0.25) is 0 Å². The van der Waals surface area contributed by atoms with Gasteiger partial charge >= 0.3 is 0 Å². The second-order valence-corrected chi connectivity index (χ2v) is 14.0. The van der Waals surface area contributed by atoms with E-state index in [1.807, 2.05) is 11.3 Å². The first-order valence-electron chi connectivity index (χ1n) is 17.1. The van der Waals surface area contributed by atoms with Gasteiger partial charge in [0.05, 0.1) is 5.69 Å². The summed E-state index contributed by atoms with van der Waals surface area (Å²) < 4.78 is 2.60. The Kier molecular flexibility index (Phi) is 6.75. The Morgan fingerprint density at radius 3 is 1.70 bits per heavy atom. The van der Waals surface area contributed by atoms with Gasteiger partial charge in [0.25, 0.3) is 0 Å². The summed E-state index contributed by atoms with van der Waals surface area (Å²) in [6.07, 6.45) is 0. The Bertz CT molecular complexity index is 2850. The summed E-state index contributed by atoms with van der Waals surface area (Å²) in [5, 5.41) is 10.3. The first-order valence-corrected chi connectivity index (χ1v) is 17.9. The second-order valence-electron chi connectivity index (χ2n) is 12.9. The lowest BCUT2D eigenvalue weighted by atomic mass is 9.92. The van der Waals surface area contributed by atoms with E-state index in [0.29, 0.717) is 0 Å². The van der Waals surface area contributed by atoms with E-state index in [4.69, 9.17) is 0 Å². The summed E-state index contributed by atoms with van der Waals surface area (Å²) in [6, 6.07) is 68.7. The van der Waals surface area contributed by atoms with Gasteiger partial charge in [-0.05, 0) is 97.0 Å². The minimum Gasteiger partial charge on any atom is -0.310 e. The highest BCUT2D eigenvalue weighted by Crippen LogP contribution is 2.45. The molecule has 1 heterocycles. The number of fused-ring (bicyclic) bond motifs is 8. The zero-order valence-electron chi connectivity index (χ0n) is 27.3. The maximum absolute atomic E-state index is 2.42. The molecule has 0 bridgehead atoms. The average Bonchev–Trinajstić information content (AvgIpc) is 3.58. The molecule has 1 aromatic heterocycles. The largest absolute Gasteiger partial charge is 0.310 e. The lowest BCUT2D eigenvalue weighted by Crippen LogP contribution is -2.10. The van der Waals surface area contributed by atoms with Crippen molar-refractivity contribution in [3.63, 3.8) is 0 Å². The van der Waals surface area contributed by atoms with Gasteiger partial charge in [-0.15, -0.1) is 11.3 Å². The van der Waals surface area contributed by atoms with Crippen LogP contribution in [0.5, 0.6) is 0 Å². The normalized spacial score (nSPS) is 11.6. The highest BCUT2D eigenvalue weighted by molar-refractivity contribution is 7.26. The smallest absolute Gasteiger partial charge is 0.0554 e. The van der Waals surface area contributed by atoms with Crippen LogP contribution in [0.4, 0.5) is 17.1 Å². The van der Waals surface area contributed by atoms with Crippen LogP contribution in [0, 0.1) is 0 Å². The van der Waals surface area contributed by atoms with Crippen LogP contribution in [0.15, 0.2) is 188 Å². The van der Waals surface area contributed by atoms with Crippen molar-refractivity contribution in [2.45, 2.75) is 0 Å². The van der Waals surface area contributed by atoms with Crippen LogP contribution in [0.25, 0.3) is 74.7 Å². The van der Waals surface area contributed by atoms with Crippen molar-refractivity contribution in [3.8, 4) is 22.3 Å². The van der Waals surface area contributed by atoms with Crippen LogP contribution in [0.3, 0.4) is 0 Å². The summed E-state index contributed by atoms with van der Waals surface area (Å²) >= 11 is 1.86. The Morgan fingerprint density at radius 2 is 0.880 bits per heavy atom. The van der Waals surface area contributed by atoms with E-state index in [9.17, 15) is 0 Å². The number of hydrogen-bond acceptors (Lipinski definition) is 2. The summed E-state index contributed by atoms with van der Waals surface area (Å²) in [5.41, 5.74) is 8.32. The topological polar surface area (TPSA) is 3.24 Å². The fraction of sp³-hybridized carbons (Fsp3) is 0. The Balaban J connectivity index is 1.12. The van der Waals surface area contributed by atoms with E-state index in [0.717, 1.165) is 11.4 Å². The van der Waals surface area contributed by atoms with Crippen LogP contribution in [-0.4, -0.2) is 0 Å². The fourth-order valence-corrected chi connectivity index (χ4v) is 8.83. The van der Waals surface area contributed by atoms with Crippen molar-refractivity contribution >= 4 is 80.9 Å². The number of thiophene rings is 1. The molecule has 0 saturated heterocycles. The van der Waals surface area contributed by atoms with Gasteiger partial charge in [0.15, 0.2) is 0 Å². The number of hydrogen-bond donors (Lipinski definition) is 0. The molecule has 0 aliphatic heterocycles. The molecule has 0 amide bonds. The molecule has 0 radical (unpaired) electrons. The van der Waals surface area contributed by atoms with Crippen molar-refractivity contribution in [1.29, 1.82) is 0 Å². The minimum atomic E-state index is 1.13. The van der Waals surface area contributed by atoms with Gasteiger partial charge in [0.1, 0.15) is 0 Å². The van der Waals surface area contributed by atoms with E-state index in [-0.39, 0.29) is 0 Å². The molecule has 10 rings (SSSR count). The summed E-state index contributed by atoms with van der Waals surface area (Å²) in [5.74, 6) is 0. The van der Waals surface area contributed by atoms with E-state index in [1.165, 1.54) is 80.4 Å². The van der Waals surface area contributed by atoms with E-state index < -0.39 is 0 Å². The highest BCUT2D eigenvalue weighted by Gasteiger charge is 2.19. The van der Waals surface area contributed by atoms with Crippen molar-refractivity contribution < 1.29 is 0 Å². The zero-order valence-corrected chi connectivity index (χ0v) is 28.1. The van der Waals surface area contributed by atoms with E-state index in [1.54, 1.807) is 0 Å². The van der Waals surface area contributed by atoms with Gasteiger partial charge in [-0.3, -0.25) is 0 Å². The first-order chi connectivity index (χ1) is 24.8. The van der Waals surface area contributed by atoms with Crippen LogP contribution in [0.1, 0.15) is 0 Å². The van der Waals surface area contributed by atoms with Crippen LogP contribution in [-0.2, 0) is 0 Å². The summed E-state index contributed by atoms with van der Waals surface area (Å²) in [7, 11) is 0. The first kappa shape index (κ1) is 28.8. The molecule has 0 unspecified atom stereocenters. The molecule has 9 aromatic carbocycles. The number of rotatable bonds is 5. The van der Waals surface area contributed by atoms with Gasteiger partial charge in [-0.2, -0.15) is 0 Å². The van der Waals surface area contributed by atoms with Gasteiger partial charge in [0, 0.05) is 31.5 Å². The Hall–Kier alpha value is -6.22. The molecule has 0 atom stereocenters. The molecule has 10 aromatic rings. The molecule has 0 spiro atoms. The van der Waals surface area contributed by atoms with Crippen molar-refractivity contribution in [2.75, 3.05) is 4.90 Å². The van der Waals surface area contributed by atoms with Crippen LogP contribution >= 0.6 is 11.3 Å². The minimum absolute atomic E-state index is 1.13. The standard InChI is InChI=1S/C48H31NS/c1-2-10-32(11-3-1)33-20-25-36(26-21-33)49(45-17-9-19-47-48(45)44-14-6-7-18-46(44)50-47)37-27-22-35(23-28-37)39-15-8-16-40-41(39)30-31-42-38-13-5-4-12-34(38)24-29-43(40)42/h1-31H. The Morgan fingerprint density at radius 1 is 0.320 bits per heavy atom. The maximum Gasteiger partial charge on any atom is 0.0554 e. The monoisotopic (exact) mass is 653 g/mol. The van der Waals surface area contributed by atoms with E-state index >= 15 is 0 Å². The molecule has 234 valence electrons. The Labute approximate surface area is 294 Å². The lowest BCUT2D eigenvalue weighted by Gasteiger charge is -2.27. The molecular formula is C48H31NS. The van der Waals surface area contributed by atoms with Crippen molar-refractivity contribution in [2.24, 2.45) is 0 Å². The number of anilines is 3. The molecule has 0 fully saturated rings. The maximum atomic E-state index is 2.42. The number of nitrogens with zero attached hydrogens (tertiary/aromatic N) is 1. The summed E-state index contributed by atoms with van der Waals surface area (Å²) in [6.45, 7) is 0. The van der Waals surface area contributed by atoms with Crippen molar-refractivity contribution in [1.82, 2.24) is 0 Å². The third-order valence-corrected chi connectivity index (χ3v) is 11.2. The zero-order chi connectivity index (χ0) is 33.0. The van der Waals surface area contributed by atoms with Gasteiger partial charge in [-0.1, -0.05) is 146 Å². The third kappa shape index (κ3) is 4.69. The molecule has 0 N–H and O–H groups in total. The van der Waals surface area contributed by atoms with Gasteiger partial charge < -0.3 is 4.90 Å². The van der Waals surface area contributed by atoms with Gasteiger partial charge in [0.2, 0.25) is 0 Å².